The molecule has 120 valence electrons. The Morgan fingerprint density at radius 2 is 1.70 bits per heavy atom. The molecule has 0 saturated carbocycles. The molecule has 0 unspecified atom stereocenters. The van der Waals surface area contributed by atoms with Crippen LogP contribution in [-0.4, -0.2) is 17.8 Å². The summed E-state index contributed by atoms with van der Waals surface area (Å²) in [5, 5.41) is 2.61. The minimum absolute atomic E-state index is 0.0541. The first-order valence-electron chi connectivity index (χ1n) is 6.90. The smallest absolute Gasteiger partial charge is 0.265 e. The third-order valence-electron chi connectivity index (χ3n) is 3.13. The van der Waals surface area contributed by atoms with Gasteiger partial charge in [-0.2, -0.15) is 0 Å². The lowest BCUT2D eigenvalue weighted by molar-refractivity contribution is -0.122. The van der Waals surface area contributed by atoms with Crippen molar-refractivity contribution in [3.63, 3.8) is 0 Å². The minimum atomic E-state index is -1.05. The van der Waals surface area contributed by atoms with Gasteiger partial charge in [-0.3, -0.25) is 9.59 Å². The second kappa shape index (κ2) is 7.00. The van der Waals surface area contributed by atoms with Crippen molar-refractivity contribution < 1.29 is 23.1 Å². The molecule has 0 bridgehead atoms. The Hall–Kier alpha value is -2.76. The zero-order chi connectivity index (χ0) is 17.0. The van der Waals surface area contributed by atoms with Crippen LogP contribution in [0.5, 0.6) is 5.75 Å². The fourth-order valence-electron chi connectivity index (χ4n) is 1.84. The molecule has 2 aromatic rings. The SMILES string of the molecule is CC(=O)c1ccc(NC(=O)[C@H](C)Oc2ccc(F)c(F)c2)cc1. The number of nitrogens with one attached hydrogen (secondary N) is 1. The van der Waals surface area contributed by atoms with Crippen molar-refractivity contribution in [2.75, 3.05) is 5.32 Å². The molecule has 2 aromatic carbocycles. The molecule has 0 aromatic heterocycles. The van der Waals surface area contributed by atoms with Crippen molar-refractivity contribution in [2.45, 2.75) is 20.0 Å². The second-order valence-electron chi connectivity index (χ2n) is 4.96. The van der Waals surface area contributed by atoms with Gasteiger partial charge in [0.2, 0.25) is 0 Å². The maximum atomic E-state index is 13.1. The highest BCUT2D eigenvalue weighted by atomic mass is 19.2. The van der Waals surface area contributed by atoms with E-state index in [2.05, 4.69) is 5.32 Å². The van der Waals surface area contributed by atoms with Crippen molar-refractivity contribution in [1.82, 2.24) is 0 Å². The van der Waals surface area contributed by atoms with Crippen LogP contribution in [0.3, 0.4) is 0 Å². The zero-order valence-corrected chi connectivity index (χ0v) is 12.6. The summed E-state index contributed by atoms with van der Waals surface area (Å²) in [6.45, 7) is 2.94. The minimum Gasteiger partial charge on any atom is -0.481 e. The van der Waals surface area contributed by atoms with E-state index in [1.54, 1.807) is 24.3 Å². The fourth-order valence-corrected chi connectivity index (χ4v) is 1.84. The Kier molecular flexibility index (Phi) is 5.05. The van der Waals surface area contributed by atoms with Crippen LogP contribution in [0, 0.1) is 11.6 Å². The van der Waals surface area contributed by atoms with Crippen LogP contribution in [0.1, 0.15) is 24.2 Å². The van der Waals surface area contributed by atoms with Gasteiger partial charge < -0.3 is 10.1 Å². The summed E-state index contributed by atoms with van der Waals surface area (Å²) in [6, 6.07) is 9.43. The molecule has 0 saturated heterocycles. The summed E-state index contributed by atoms with van der Waals surface area (Å²) in [5.41, 5.74) is 1.04. The molecule has 6 heteroatoms. The molecular formula is C17H15F2NO3. The van der Waals surface area contributed by atoms with Crippen LogP contribution in [0.2, 0.25) is 0 Å². The predicted octanol–water partition coefficient (Wildman–Crippen LogP) is 3.57. The Labute approximate surface area is 132 Å². The summed E-state index contributed by atoms with van der Waals surface area (Å²) in [5.74, 6) is -2.50. The first kappa shape index (κ1) is 16.6. The largest absolute Gasteiger partial charge is 0.481 e. The Bertz CT molecular complexity index is 729. The number of amides is 1. The van der Waals surface area contributed by atoms with Gasteiger partial charge in [-0.15, -0.1) is 0 Å². The predicted molar refractivity (Wildman–Crippen MR) is 81.5 cm³/mol. The first-order valence-corrected chi connectivity index (χ1v) is 6.90. The first-order chi connectivity index (χ1) is 10.9. The molecule has 1 N–H and O–H groups in total. The molecule has 1 atom stereocenters. The normalized spacial score (nSPS) is 11.7. The topological polar surface area (TPSA) is 55.4 Å². The number of hydrogen-bond acceptors (Lipinski definition) is 3. The van der Waals surface area contributed by atoms with E-state index in [1.807, 2.05) is 0 Å². The molecule has 0 aliphatic heterocycles. The summed E-state index contributed by atoms with van der Waals surface area (Å²) in [6.07, 6.45) is -0.910. The van der Waals surface area contributed by atoms with E-state index in [0.29, 0.717) is 11.3 Å². The van der Waals surface area contributed by atoms with E-state index in [1.165, 1.54) is 19.9 Å². The molecule has 0 spiro atoms. The lowest BCUT2D eigenvalue weighted by atomic mass is 10.1. The van der Waals surface area contributed by atoms with Gasteiger partial charge >= 0.3 is 0 Å². The Morgan fingerprint density at radius 3 is 2.26 bits per heavy atom. The summed E-state index contributed by atoms with van der Waals surface area (Å²) in [7, 11) is 0. The molecule has 2 rings (SSSR count). The second-order valence-corrected chi connectivity index (χ2v) is 4.96. The molecule has 0 fully saturated rings. The number of ether oxygens (including phenoxy) is 1. The van der Waals surface area contributed by atoms with Crippen molar-refractivity contribution in [3.05, 3.63) is 59.7 Å². The average Bonchev–Trinajstić information content (AvgIpc) is 2.51. The monoisotopic (exact) mass is 319 g/mol. The number of carbonyl (C=O) groups is 2. The van der Waals surface area contributed by atoms with E-state index < -0.39 is 23.6 Å². The summed E-state index contributed by atoms with van der Waals surface area (Å²) >= 11 is 0. The highest BCUT2D eigenvalue weighted by Crippen LogP contribution is 2.17. The molecule has 4 nitrogen and oxygen atoms in total. The van der Waals surface area contributed by atoms with E-state index in [0.717, 1.165) is 12.1 Å². The van der Waals surface area contributed by atoms with Gasteiger partial charge in [0.05, 0.1) is 0 Å². The number of Topliss-reactive ketones (excluding diaryl/α,β-unsaturated/α-hetero) is 1. The van der Waals surface area contributed by atoms with Crippen molar-refractivity contribution in [2.24, 2.45) is 0 Å². The van der Waals surface area contributed by atoms with Gasteiger partial charge in [0, 0.05) is 17.3 Å². The zero-order valence-electron chi connectivity index (χ0n) is 12.6. The molecule has 0 aliphatic rings. The van der Waals surface area contributed by atoms with Crippen molar-refractivity contribution in [1.29, 1.82) is 0 Å². The maximum absolute atomic E-state index is 13.1. The van der Waals surface area contributed by atoms with Crippen LogP contribution in [0.4, 0.5) is 14.5 Å². The molecule has 0 heterocycles. The third kappa shape index (κ3) is 4.35. The lowest BCUT2D eigenvalue weighted by Gasteiger charge is -2.15. The van der Waals surface area contributed by atoms with Gasteiger partial charge in [-0.1, -0.05) is 0 Å². The standard InChI is InChI=1S/C17H15F2NO3/c1-10(21)12-3-5-13(6-4-12)20-17(22)11(2)23-14-7-8-15(18)16(19)9-14/h3-9,11H,1-2H3,(H,20,22)/t11-/m0/s1. The van der Waals surface area contributed by atoms with Crippen LogP contribution in [0.25, 0.3) is 0 Å². The number of anilines is 1. The molecule has 1 amide bonds. The lowest BCUT2D eigenvalue weighted by Crippen LogP contribution is -2.30. The van der Waals surface area contributed by atoms with E-state index in [-0.39, 0.29) is 11.5 Å². The van der Waals surface area contributed by atoms with E-state index in [4.69, 9.17) is 4.74 Å². The number of halogens is 2. The molecule has 0 aliphatic carbocycles. The highest BCUT2D eigenvalue weighted by molar-refractivity contribution is 5.96. The van der Waals surface area contributed by atoms with Crippen molar-refractivity contribution in [3.8, 4) is 5.75 Å². The van der Waals surface area contributed by atoms with Crippen LogP contribution in [0.15, 0.2) is 42.5 Å². The van der Waals surface area contributed by atoms with E-state index >= 15 is 0 Å². The van der Waals surface area contributed by atoms with Crippen LogP contribution < -0.4 is 10.1 Å². The Morgan fingerprint density at radius 1 is 1.04 bits per heavy atom. The highest BCUT2D eigenvalue weighted by Gasteiger charge is 2.16. The molecule has 23 heavy (non-hydrogen) atoms. The van der Waals surface area contributed by atoms with E-state index in [9.17, 15) is 18.4 Å². The van der Waals surface area contributed by atoms with Gasteiger partial charge in [-0.05, 0) is 50.2 Å². The summed E-state index contributed by atoms with van der Waals surface area (Å²) in [4.78, 5) is 23.2. The number of hydrogen-bond donors (Lipinski definition) is 1. The third-order valence-corrected chi connectivity index (χ3v) is 3.13. The van der Waals surface area contributed by atoms with Crippen LogP contribution in [-0.2, 0) is 4.79 Å². The maximum Gasteiger partial charge on any atom is 0.265 e. The van der Waals surface area contributed by atoms with Gasteiger partial charge in [0.15, 0.2) is 23.5 Å². The summed E-state index contributed by atoms with van der Waals surface area (Å²) < 4.78 is 31.2. The van der Waals surface area contributed by atoms with Gasteiger partial charge in [0.25, 0.3) is 5.91 Å². The number of benzene rings is 2. The van der Waals surface area contributed by atoms with Crippen LogP contribution >= 0.6 is 0 Å². The number of rotatable bonds is 5. The Balaban J connectivity index is 1.99. The molecule has 0 radical (unpaired) electrons. The quantitative estimate of drug-likeness (QED) is 0.857. The average molecular weight is 319 g/mol. The number of ketones is 1. The number of carbonyl (C=O) groups excluding carboxylic acids is 2. The van der Waals surface area contributed by atoms with Gasteiger partial charge in [0.1, 0.15) is 5.75 Å². The van der Waals surface area contributed by atoms with Gasteiger partial charge in [-0.25, -0.2) is 8.78 Å². The fraction of sp³-hybridized carbons (Fsp3) is 0.176. The molecular weight excluding hydrogens is 304 g/mol. The van der Waals surface area contributed by atoms with Crippen molar-refractivity contribution >= 4 is 17.4 Å².